The normalized spacial score (nSPS) is 9.00. The van der Waals surface area contributed by atoms with Gasteiger partial charge in [0.25, 0.3) is 0 Å². The van der Waals surface area contributed by atoms with Gasteiger partial charge >= 0.3 is 0 Å². The number of carbonyl (C=O) groups is 1. The van der Waals surface area contributed by atoms with Crippen LogP contribution in [0.2, 0.25) is 0 Å². The van der Waals surface area contributed by atoms with Crippen LogP contribution in [0.5, 0.6) is 0 Å². The largest absolute Gasteiger partial charge is 0.288 e. The number of thioether (sulfide) groups is 1. The van der Waals surface area contributed by atoms with Gasteiger partial charge in [-0.2, -0.15) is 5.26 Å². The lowest BCUT2D eigenvalue weighted by Crippen LogP contribution is -1.88. The number of hydrogen-bond donors (Lipinski definition) is 0. The molecule has 0 aromatic heterocycles. The van der Waals surface area contributed by atoms with E-state index in [2.05, 4.69) is 17.9 Å². The van der Waals surface area contributed by atoms with Crippen LogP contribution in [0.4, 0.5) is 0 Å². The highest BCUT2D eigenvalue weighted by Gasteiger charge is 1.99. The Hall–Kier alpha value is -1.71. The average Bonchev–Trinajstić information content (AvgIpc) is 2.30. The van der Waals surface area contributed by atoms with Crippen LogP contribution in [0.15, 0.2) is 18.2 Å². The van der Waals surface area contributed by atoms with Crippen LogP contribution in [0.1, 0.15) is 30.0 Å². The van der Waals surface area contributed by atoms with Crippen LogP contribution in [-0.4, -0.2) is 10.9 Å². The lowest BCUT2D eigenvalue weighted by Gasteiger charge is -1.99. The summed E-state index contributed by atoms with van der Waals surface area (Å²) < 4.78 is 0. The van der Waals surface area contributed by atoms with Crippen LogP contribution >= 0.6 is 11.8 Å². The van der Waals surface area contributed by atoms with E-state index in [9.17, 15) is 4.79 Å². The summed E-state index contributed by atoms with van der Waals surface area (Å²) in [6, 6.07) is 7.66. The second-order valence-corrected chi connectivity index (χ2v) is 4.75. The molecule has 1 aromatic carbocycles. The first-order valence-electron chi connectivity index (χ1n) is 5.27. The Labute approximate surface area is 106 Å². The summed E-state index contributed by atoms with van der Waals surface area (Å²) in [4.78, 5) is 10.7. The van der Waals surface area contributed by atoms with E-state index in [-0.39, 0.29) is 5.12 Å². The molecule has 0 radical (unpaired) electrons. The second-order valence-electron chi connectivity index (χ2n) is 3.48. The van der Waals surface area contributed by atoms with Gasteiger partial charge in [-0.3, -0.25) is 4.79 Å². The van der Waals surface area contributed by atoms with Gasteiger partial charge in [0, 0.05) is 24.7 Å². The fourth-order valence-electron chi connectivity index (χ4n) is 1.30. The third-order valence-electron chi connectivity index (χ3n) is 2.21. The van der Waals surface area contributed by atoms with E-state index < -0.39 is 0 Å². The molecule has 17 heavy (non-hydrogen) atoms. The molecule has 0 atom stereocenters. The highest BCUT2D eigenvalue weighted by molar-refractivity contribution is 8.13. The molecule has 86 valence electrons. The van der Waals surface area contributed by atoms with E-state index in [0.29, 0.717) is 12.0 Å². The average molecular weight is 243 g/mol. The first-order valence-corrected chi connectivity index (χ1v) is 6.25. The van der Waals surface area contributed by atoms with E-state index in [1.165, 1.54) is 11.8 Å². The van der Waals surface area contributed by atoms with Gasteiger partial charge in [-0.05, 0) is 24.6 Å². The topological polar surface area (TPSA) is 40.9 Å². The standard InChI is InChI=1S/C14H13NOS/c1-11-13(7-5-8-14(11)10-15)6-3-4-9-17-12(2)16/h5,7-8H,4,9H2,1-2H3. The monoisotopic (exact) mass is 243 g/mol. The van der Waals surface area contributed by atoms with Crippen molar-refractivity contribution in [3.05, 3.63) is 34.9 Å². The Morgan fingerprint density at radius 1 is 1.41 bits per heavy atom. The van der Waals surface area contributed by atoms with Crippen molar-refractivity contribution >= 4 is 16.9 Å². The molecular formula is C14H13NOS. The molecule has 0 unspecified atom stereocenters. The molecule has 0 saturated heterocycles. The summed E-state index contributed by atoms with van der Waals surface area (Å²) in [7, 11) is 0. The molecule has 0 heterocycles. The molecule has 0 fully saturated rings. The van der Waals surface area contributed by atoms with Crippen molar-refractivity contribution in [3.63, 3.8) is 0 Å². The SMILES string of the molecule is CC(=O)SCCC#Cc1cccc(C#N)c1C. The molecule has 2 nitrogen and oxygen atoms in total. The third kappa shape index (κ3) is 4.34. The summed E-state index contributed by atoms with van der Waals surface area (Å²) in [6.07, 6.45) is 0.681. The van der Waals surface area contributed by atoms with Crippen molar-refractivity contribution in [1.82, 2.24) is 0 Å². The zero-order valence-electron chi connectivity index (χ0n) is 9.91. The molecule has 0 spiro atoms. The molecule has 3 heteroatoms. The molecule has 1 aromatic rings. The maximum absolute atomic E-state index is 10.7. The zero-order valence-corrected chi connectivity index (χ0v) is 10.7. The van der Waals surface area contributed by atoms with Crippen molar-refractivity contribution < 1.29 is 4.79 Å². The number of hydrogen-bond acceptors (Lipinski definition) is 3. The number of nitrogens with zero attached hydrogens (tertiary/aromatic N) is 1. The van der Waals surface area contributed by atoms with Crippen LogP contribution in [0, 0.1) is 30.1 Å². The van der Waals surface area contributed by atoms with Crippen LogP contribution in [0.3, 0.4) is 0 Å². The minimum Gasteiger partial charge on any atom is -0.288 e. The Balaban J connectivity index is 2.67. The first kappa shape index (κ1) is 13.4. The fraction of sp³-hybridized carbons (Fsp3) is 0.286. The van der Waals surface area contributed by atoms with Gasteiger partial charge in [0.1, 0.15) is 0 Å². The molecule has 0 aliphatic carbocycles. The Morgan fingerprint density at radius 2 is 2.12 bits per heavy atom. The minimum absolute atomic E-state index is 0.120. The first-order chi connectivity index (χ1) is 8.15. The van der Waals surface area contributed by atoms with Gasteiger partial charge in [0.2, 0.25) is 0 Å². The highest BCUT2D eigenvalue weighted by atomic mass is 32.2. The van der Waals surface area contributed by atoms with Crippen LogP contribution in [-0.2, 0) is 4.79 Å². The van der Waals surface area contributed by atoms with Gasteiger partial charge in [0.05, 0.1) is 11.6 Å². The van der Waals surface area contributed by atoms with Gasteiger partial charge in [-0.25, -0.2) is 0 Å². The summed E-state index contributed by atoms with van der Waals surface area (Å²) in [5.41, 5.74) is 2.47. The maximum Gasteiger partial charge on any atom is 0.185 e. The summed E-state index contributed by atoms with van der Waals surface area (Å²) in [5, 5.41) is 8.99. The lowest BCUT2D eigenvalue weighted by molar-refractivity contribution is -0.109. The summed E-state index contributed by atoms with van der Waals surface area (Å²) >= 11 is 1.28. The smallest absolute Gasteiger partial charge is 0.185 e. The lowest BCUT2D eigenvalue weighted by atomic mass is 10.0. The van der Waals surface area contributed by atoms with E-state index in [4.69, 9.17) is 5.26 Å². The number of nitriles is 1. The minimum atomic E-state index is 0.120. The van der Waals surface area contributed by atoms with Crippen LogP contribution < -0.4 is 0 Å². The van der Waals surface area contributed by atoms with Gasteiger partial charge in [-0.15, -0.1) is 0 Å². The van der Waals surface area contributed by atoms with E-state index in [1.54, 1.807) is 13.0 Å². The van der Waals surface area contributed by atoms with E-state index >= 15 is 0 Å². The van der Waals surface area contributed by atoms with Crippen LogP contribution in [0.25, 0.3) is 0 Å². The number of benzene rings is 1. The van der Waals surface area contributed by atoms with Crippen molar-refractivity contribution in [1.29, 1.82) is 5.26 Å². The molecule has 0 aliphatic heterocycles. The fourth-order valence-corrected chi connectivity index (χ4v) is 1.79. The predicted molar refractivity (Wildman–Crippen MR) is 70.5 cm³/mol. The number of carbonyl (C=O) groups excluding carboxylic acids is 1. The maximum atomic E-state index is 10.7. The van der Waals surface area contributed by atoms with E-state index in [1.807, 2.05) is 19.1 Å². The molecule has 0 amide bonds. The summed E-state index contributed by atoms with van der Waals surface area (Å²) in [6.45, 7) is 3.45. The van der Waals surface area contributed by atoms with Gasteiger partial charge in [-0.1, -0.05) is 29.7 Å². The van der Waals surface area contributed by atoms with Gasteiger partial charge < -0.3 is 0 Å². The van der Waals surface area contributed by atoms with Crippen molar-refractivity contribution in [2.45, 2.75) is 20.3 Å². The van der Waals surface area contributed by atoms with Gasteiger partial charge in [0.15, 0.2) is 5.12 Å². The Morgan fingerprint density at radius 3 is 2.76 bits per heavy atom. The molecular weight excluding hydrogens is 230 g/mol. The quantitative estimate of drug-likeness (QED) is 0.592. The zero-order chi connectivity index (χ0) is 12.7. The van der Waals surface area contributed by atoms with Crippen molar-refractivity contribution in [2.24, 2.45) is 0 Å². The molecule has 1 rings (SSSR count). The van der Waals surface area contributed by atoms with Crippen molar-refractivity contribution in [2.75, 3.05) is 5.75 Å². The third-order valence-corrected chi connectivity index (χ3v) is 3.02. The molecule has 0 saturated carbocycles. The molecule has 0 N–H and O–H groups in total. The second kappa shape index (κ2) is 6.78. The number of rotatable bonds is 2. The van der Waals surface area contributed by atoms with E-state index in [0.717, 1.165) is 16.9 Å². The Kier molecular flexibility index (Phi) is 5.33. The molecule has 0 aliphatic rings. The highest BCUT2D eigenvalue weighted by Crippen LogP contribution is 2.11. The molecule has 0 bridgehead atoms. The predicted octanol–water partition coefficient (Wildman–Crippen LogP) is 2.89. The van der Waals surface area contributed by atoms with Crippen molar-refractivity contribution in [3.8, 4) is 17.9 Å². The summed E-state index contributed by atoms with van der Waals surface area (Å²) in [5.74, 6) is 6.77. The Bertz CT molecular complexity index is 517.